The summed E-state index contributed by atoms with van der Waals surface area (Å²) in [7, 11) is 0. The Morgan fingerprint density at radius 1 is 1.03 bits per heavy atom. The third-order valence-electron chi connectivity index (χ3n) is 6.15. The maximum atomic E-state index is 13.0. The van der Waals surface area contributed by atoms with E-state index in [1.165, 1.54) is 11.3 Å². The van der Waals surface area contributed by atoms with E-state index in [1.807, 2.05) is 24.3 Å². The Hall–Kier alpha value is -2.28. The molecule has 2 aromatic heterocycles. The van der Waals surface area contributed by atoms with Crippen molar-refractivity contribution >= 4 is 56.4 Å². The van der Waals surface area contributed by atoms with E-state index in [1.54, 1.807) is 0 Å². The zero-order chi connectivity index (χ0) is 21.5. The van der Waals surface area contributed by atoms with E-state index in [2.05, 4.69) is 40.8 Å². The lowest BCUT2D eigenvalue weighted by Gasteiger charge is -2.37. The quantitative estimate of drug-likeness (QED) is 0.563. The molecule has 0 atom stereocenters. The molecule has 0 saturated carbocycles. The number of aryl methyl sites for hydroxylation is 1. The first-order valence-corrected chi connectivity index (χ1v) is 12.0. The monoisotopic (exact) mass is 452 g/mol. The van der Waals surface area contributed by atoms with E-state index in [-0.39, 0.29) is 5.78 Å². The van der Waals surface area contributed by atoms with Crippen molar-refractivity contribution in [1.82, 2.24) is 14.9 Å². The molecule has 2 aliphatic rings. The second kappa shape index (κ2) is 8.34. The van der Waals surface area contributed by atoms with Crippen LogP contribution >= 0.6 is 22.9 Å². The van der Waals surface area contributed by atoms with Gasteiger partial charge >= 0.3 is 0 Å². The molecule has 31 heavy (non-hydrogen) atoms. The van der Waals surface area contributed by atoms with Gasteiger partial charge in [-0.1, -0.05) is 17.7 Å². The molecule has 5 rings (SSSR count). The second-order valence-corrected chi connectivity index (χ2v) is 9.85. The van der Waals surface area contributed by atoms with E-state index in [9.17, 15) is 4.79 Å². The van der Waals surface area contributed by atoms with Gasteiger partial charge in [-0.2, -0.15) is 0 Å². The van der Waals surface area contributed by atoms with Gasteiger partial charge in [-0.25, -0.2) is 9.97 Å². The lowest BCUT2D eigenvalue weighted by atomic mass is 10.1. The van der Waals surface area contributed by atoms with Gasteiger partial charge in [0.2, 0.25) is 0 Å². The number of rotatable bonds is 3. The summed E-state index contributed by atoms with van der Waals surface area (Å²) in [5.74, 6) is 1.12. The number of benzene rings is 1. The summed E-state index contributed by atoms with van der Waals surface area (Å²) in [4.78, 5) is 27.4. The average Bonchev–Trinajstić information content (AvgIpc) is 3.14. The Bertz CT molecular complexity index is 1180. The number of nitrogens with zero attached hydrogens (tertiary/aromatic N) is 4. The highest BCUT2D eigenvalue weighted by Gasteiger charge is 2.24. The molecule has 0 radical (unpaired) electrons. The number of carbonyl (C=O) groups is 1. The maximum Gasteiger partial charge on any atom is 0.166 e. The molecule has 0 N–H and O–H groups in total. The van der Waals surface area contributed by atoms with Crippen molar-refractivity contribution in [2.75, 3.05) is 31.1 Å². The zero-order valence-electron chi connectivity index (χ0n) is 17.8. The van der Waals surface area contributed by atoms with Crippen molar-refractivity contribution in [3.05, 3.63) is 51.6 Å². The van der Waals surface area contributed by atoms with Crippen molar-refractivity contribution in [1.29, 1.82) is 0 Å². The summed E-state index contributed by atoms with van der Waals surface area (Å²) in [6.45, 7) is 8.57. The van der Waals surface area contributed by atoms with Crippen LogP contribution in [0.1, 0.15) is 36.5 Å². The summed E-state index contributed by atoms with van der Waals surface area (Å²) in [6.07, 6.45) is 3.06. The van der Waals surface area contributed by atoms with Gasteiger partial charge < -0.3 is 4.90 Å². The summed E-state index contributed by atoms with van der Waals surface area (Å²) in [6, 6.07) is 10.5. The van der Waals surface area contributed by atoms with Crippen molar-refractivity contribution in [2.24, 2.45) is 0 Å². The van der Waals surface area contributed by atoms with Crippen LogP contribution < -0.4 is 4.90 Å². The number of hydrogen-bond donors (Lipinski definition) is 0. The van der Waals surface area contributed by atoms with Crippen molar-refractivity contribution < 1.29 is 4.79 Å². The van der Waals surface area contributed by atoms with Crippen LogP contribution in [-0.4, -0.2) is 52.9 Å². The third kappa shape index (κ3) is 4.00. The molecule has 1 aliphatic carbocycles. The number of halogens is 1. The minimum atomic E-state index is 0.111. The van der Waals surface area contributed by atoms with Gasteiger partial charge in [-0.15, -0.1) is 11.3 Å². The number of anilines is 1. The third-order valence-corrected chi connectivity index (χ3v) is 7.51. The maximum absolute atomic E-state index is 13.0. The number of thiazole rings is 1. The first kappa shape index (κ1) is 20.6. The fraction of sp³-hybridized carbons (Fsp3) is 0.375. The number of pyridine rings is 1. The molecule has 160 valence electrons. The molecule has 1 fully saturated rings. The number of fused-ring (bicyclic) bond motifs is 2. The molecule has 0 bridgehead atoms. The lowest BCUT2D eigenvalue weighted by molar-refractivity contribution is -0.113. The first-order chi connectivity index (χ1) is 15.0. The van der Waals surface area contributed by atoms with Crippen LogP contribution in [0.3, 0.4) is 0 Å². The zero-order valence-corrected chi connectivity index (χ0v) is 19.3. The number of allylic oxidation sites excluding steroid dienone is 1. The molecule has 1 aliphatic heterocycles. The predicted octanol–water partition coefficient (Wildman–Crippen LogP) is 4.93. The fourth-order valence-corrected chi connectivity index (χ4v) is 5.59. The van der Waals surface area contributed by atoms with Gasteiger partial charge in [-0.3, -0.25) is 9.69 Å². The molecule has 0 unspecified atom stereocenters. The highest BCUT2D eigenvalue weighted by molar-refractivity contribution is 7.20. The first-order valence-electron chi connectivity index (χ1n) is 10.8. The standard InChI is InChI=1S/C24H25ClN4OS/c1-15(2)28-10-12-29(13-11-28)22-9-6-16-14-17(20(30)8-7-19(16)26-22)24-27-23-18(25)4-3-5-21(23)31-24/h3-6,9,14-15H,7-8,10-13H2,1-2H3. The van der Waals surface area contributed by atoms with Crippen molar-refractivity contribution in [2.45, 2.75) is 32.7 Å². The SMILES string of the molecule is CC(C)N1CCN(c2ccc3c(n2)CCC(=O)C(c2nc4c(Cl)cccc4s2)=C3)CC1. The molecule has 1 saturated heterocycles. The predicted molar refractivity (Wildman–Crippen MR) is 129 cm³/mol. The Labute approximate surface area is 191 Å². The second-order valence-electron chi connectivity index (χ2n) is 8.41. The number of Topliss-reactive ketones (excluding diaryl/α,β-unsaturated/α-hetero) is 1. The summed E-state index contributed by atoms with van der Waals surface area (Å²) in [5.41, 5.74) is 3.43. The number of carbonyl (C=O) groups excluding carboxylic acids is 1. The summed E-state index contributed by atoms with van der Waals surface area (Å²) >= 11 is 7.81. The van der Waals surface area contributed by atoms with E-state index in [0.717, 1.165) is 58.5 Å². The van der Waals surface area contributed by atoms with E-state index < -0.39 is 0 Å². The number of aromatic nitrogens is 2. The van der Waals surface area contributed by atoms with Gasteiger partial charge in [-0.05, 0) is 56.2 Å². The van der Waals surface area contributed by atoms with Gasteiger partial charge in [0.1, 0.15) is 16.3 Å². The molecule has 7 heteroatoms. The van der Waals surface area contributed by atoms with Crippen LogP contribution in [0.4, 0.5) is 5.82 Å². The largest absolute Gasteiger partial charge is 0.354 e. The van der Waals surface area contributed by atoms with Crippen LogP contribution in [-0.2, 0) is 11.2 Å². The Kier molecular flexibility index (Phi) is 5.54. The smallest absolute Gasteiger partial charge is 0.166 e. The Balaban J connectivity index is 1.45. The Morgan fingerprint density at radius 3 is 2.58 bits per heavy atom. The van der Waals surface area contributed by atoms with Gasteiger partial charge in [0.05, 0.1) is 21.0 Å². The van der Waals surface area contributed by atoms with Gasteiger partial charge in [0.25, 0.3) is 0 Å². The average molecular weight is 453 g/mol. The van der Waals surface area contributed by atoms with Gasteiger partial charge in [0.15, 0.2) is 5.78 Å². The molecule has 1 aromatic carbocycles. The topological polar surface area (TPSA) is 49.3 Å². The normalized spacial score (nSPS) is 17.7. The van der Waals surface area contributed by atoms with Crippen molar-refractivity contribution in [3.63, 3.8) is 0 Å². The molecular formula is C24H25ClN4OS. The van der Waals surface area contributed by atoms with E-state index >= 15 is 0 Å². The molecule has 0 spiro atoms. The Morgan fingerprint density at radius 2 is 1.84 bits per heavy atom. The van der Waals surface area contributed by atoms with Crippen LogP contribution in [0, 0.1) is 0 Å². The molecule has 0 amide bonds. The fourth-order valence-electron chi connectivity index (χ4n) is 4.29. The molecule has 3 heterocycles. The lowest BCUT2D eigenvalue weighted by Crippen LogP contribution is -2.49. The van der Waals surface area contributed by atoms with E-state index in [4.69, 9.17) is 16.6 Å². The highest BCUT2D eigenvalue weighted by Crippen LogP contribution is 2.35. The number of hydrogen-bond acceptors (Lipinski definition) is 6. The van der Waals surface area contributed by atoms with E-state index in [0.29, 0.717) is 29.5 Å². The van der Waals surface area contributed by atoms with Gasteiger partial charge in [0, 0.05) is 38.6 Å². The number of ketones is 1. The summed E-state index contributed by atoms with van der Waals surface area (Å²) in [5, 5.41) is 1.35. The minimum absolute atomic E-state index is 0.111. The molecule has 5 nitrogen and oxygen atoms in total. The van der Waals surface area contributed by atoms with Crippen LogP contribution in [0.25, 0.3) is 21.9 Å². The highest BCUT2D eigenvalue weighted by atomic mass is 35.5. The van der Waals surface area contributed by atoms with Crippen LogP contribution in [0.2, 0.25) is 5.02 Å². The number of piperazine rings is 1. The van der Waals surface area contributed by atoms with Crippen LogP contribution in [0.5, 0.6) is 0 Å². The molecule has 3 aromatic rings. The minimum Gasteiger partial charge on any atom is -0.354 e. The summed E-state index contributed by atoms with van der Waals surface area (Å²) < 4.78 is 0.995. The van der Waals surface area contributed by atoms with Crippen LogP contribution in [0.15, 0.2) is 30.3 Å². The number of para-hydroxylation sites is 1. The molecular weight excluding hydrogens is 428 g/mol. The van der Waals surface area contributed by atoms with Crippen molar-refractivity contribution in [3.8, 4) is 0 Å².